The van der Waals surface area contributed by atoms with E-state index in [1.165, 1.54) is 0 Å². The Hall–Kier alpha value is -3.57. The summed E-state index contributed by atoms with van der Waals surface area (Å²) in [5.41, 5.74) is 2.60. The highest BCUT2D eigenvalue weighted by Gasteiger charge is 2.04. The topological polar surface area (TPSA) is 83.1 Å². The Balaban J connectivity index is 2.09. The molecule has 124 valence electrons. The molecule has 0 spiro atoms. The van der Waals surface area contributed by atoms with Crippen molar-refractivity contribution >= 4 is 17.6 Å². The third kappa shape index (κ3) is 5.23. The lowest BCUT2D eigenvalue weighted by Gasteiger charge is -2.06. The molecule has 0 fully saturated rings. The van der Waals surface area contributed by atoms with Gasteiger partial charge in [-0.2, -0.15) is 10.5 Å². The first-order valence-electron chi connectivity index (χ1n) is 7.67. The minimum Gasteiger partial charge on any atom is -0.482 e. The van der Waals surface area contributed by atoms with E-state index in [2.05, 4.69) is 6.07 Å². The summed E-state index contributed by atoms with van der Waals surface area (Å²) in [5.74, 6) is 0.126. The molecular weight excluding hydrogens is 316 g/mol. The lowest BCUT2D eigenvalue weighted by Crippen LogP contribution is -2.14. The average molecular weight is 332 g/mol. The molecule has 0 saturated carbocycles. The largest absolute Gasteiger partial charge is 0.482 e. The van der Waals surface area contributed by atoms with Gasteiger partial charge in [0.25, 0.3) is 0 Å². The summed E-state index contributed by atoms with van der Waals surface area (Å²) in [7, 11) is 0. The molecule has 0 N–H and O–H groups in total. The van der Waals surface area contributed by atoms with Crippen LogP contribution in [-0.4, -0.2) is 19.2 Å². The quantitative estimate of drug-likeness (QED) is 0.459. The minimum atomic E-state index is -0.418. The van der Waals surface area contributed by atoms with Crippen LogP contribution in [-0.2, 0) is 9.53 Å². The Morgan fingerprint density at radius 3 is 2.32 bits per heavy atom. The number of carbonyl (C=O) groups is 1. The summed E-state index contributed by atoms with van der Waals surface area (Å²) in [6.45, 7) is 1.91. The maximum Gasteiger partial charge on any atom is 0.344 e. The van der Waals surface area contributed by atoms with Crippen molar-refractivity contribution in [3.05, 3.63) is 65.2 Å². The van der Waals surface area contributed by atoms with Crippen molar-refractivity contribution < 1.29 is 14.3 Å². The SMILES string of the molecule is CCOC(=O)COc1ccc(/C=C(/C#N)c2ccc(C#N)cc2)cc1. The van der Waals surface area contributed by atoms with Crippen molar-refractivity contribution in [2.75, 3.05) is 13.2 Å². The van der Waals surface area contributed by atoms with E-state index in [1.807, 2.05) is 6.07 Å². The third-order valence-corrected chi connectivity index (χ3v) is 3.30. The Kier molecular flexibility index (Phi) is 6.33. The van der Waals surface area contributed by atoms with Crippen molar-refractivity contribution in [2.24, 2.45) is 0 Å². The number of esters is 1. The highest BCUT2D eigenvalue weighted by Crippen LogP contribution is 2.20. The van der Waals surface area contributed by atoms with Crippen LogP contribution in [0.5, 0.6) is 5.75 Å². The fraction of sp³-hybridized carbons (Fsp3) is 0.150. The molecule has 0 aromatic heterocycles. The van der Waals surface area contributed by atoms with Gasteiger partial charge in [0.15, 0.2) is 6.61 Å². The summed E-state index contributed by atoms with van der Waals surface area (Å²) >= 11 is 0. The van der Waals surface area contributed by atoms with Crippen LogP contribution in [0, 0.1) is 22.7 Å². The smallest absolute Gasteiger partial charge is 0.344 e. The molecule has 0 aliphatic carbocycles. The fourth-order valence-corrected chi connectivity index (χ4v) is 2.08. The standard InChI is InChI=1S/C20H16N2O3/c1-2-24-20(23)14-25-19-9-5-15(6-10-19)11-18(13-22)17-7-3-16(12-21)4-8-17/h3-11H,2,14H2,1H3/b18-11-. The number of nitrogens with zero attached hydrogens (tertiary/aromatic N) is 2. The second kappa shape index (κ2) is 8.90. The van der Waals surface area contributed by atoms with Gasteiger partial charge in [0.1, 0.15) is 5.75 Å². The molecule has 0 aliphatic heterocycles. The first kappa shape index (κ1) is 17.8. The zero-order chi connectivity index (χ0) is 18.1. The molecule has 0 amide bonds. The summed E-state index contributed by atoms with van der Waals surface area (Å²) < 4.78 is 10.1. The zero-order valence-electron chi connectivity index (χ0n) is 13.7. The van der Waals surface area contributed by atoms with Crippen LogP contribution in [0.15, 0.2) is 48.5 Å². The third-order valence-electron chi connectivity index (χ3n) is 3.30. The fourth-order valence-electron chi connectivity index (χ4n) is 2.08. The van der Waals surface area contributed by atoms with E-state index in [9.17, 15) is 10.1 Å². The monoisotopic (exact) mass is 332 g/mol. The van der Waals surface area contributed by atoms with Gasteiger partial charge in [0.2, 0.25) is 0 Å². The van der Waals surface area contributed by atoms with Gasteiger partial charge in [-0.3, -0.25) is 0 Å². The molecule has 2 aromatic rings. The van der Waals surface area contributed by atoms with E-state index in [1.54, 1.807) is 61.5 Å². The Labute approximate surface area is 146 Å². The predicted octanol–water partition coefficient (Wildman–Crippen LogP) is 3.56. The number of hydrogen-bond acceptors (Lipinski definition) is 5. The summed E-state index contributed by atoms with van der Waals surface area (Å²) in [5, 5.41) is 18.2. The van der Waals surface area contributed by atoms with E-state index in [0.717, 1.165) is 11.1 Å². The predicted molar refractivity (Wildman–Crippen MR) is 93.2 cm³/mol. The highest BCUT2D eigenvalue weighted by atomic mass is 16.6. The number of carbonyl (C=O) groups excluding carboxylic acids is 1. The highest BCUT2D eigenvalue weighted by molar-refractivity contribution is 5.89. The van der Waals surface area contributed by atoms with E-state index < -0.39 is 5.97 Å². The molecule has 25 heavy (non-hydrogen) atoms. The lowest BCUT2D eigenvalue weighted by atomic mass is 10.0. The van der Waals surface area contributed by atoms with Crippen LogP contribution < -0.4 is 4.74 Å². The van der Waals surface area contributed by atoms with Crippen LogP contribution in [0.25, 0.3) is 11.6 Å². The summed E-state index contributed by atoms with van der Waals surface area (Å²) in [6, 6.07) is 18.1. The van der Waals surface area contributed by atoms with E-state index >= 15 is 0 Å². The second-order valence-corrected chi connectivity index (χ2v) is 5.02. The zero-order valence-corrected chi connectivity index (χ0v) is 13.7. The molecule has 0 bridgehead atoms. The molecule has 0 heterocycles. The molecule has 2 rings (SSSR count). The van der Waals surface area contributed by atoms with Crippen molar-refractivity contribution in [2.45, 2.75) is 6.92 Å². The van der Waals surface area contributed by atoms with Crippen LogP contribution in [0.1, 0.15) is 23.6 Å². The van der Waals surface area contributed by atoms with Crippen molar-refractivity contribution in [3.63, 3.8) is 0 Å². The maximum atomic E-state index is 11.3. The minimum absolute atomic E-state index is 0.141. The number of benzene rings is 2. The number of allylic oxidation sites excluding steroid dienone is 1. The molecule has 0 atom stereocenters. The van der Waals surface area contributed by atoms with Gasteiger partial charge in [0.05, 0.1) is 29.9 Å². The van der Waals surface area contributed by atoms with Gasteiger partial charge in [0, 0.05) is 0 Å². The Bertz CT molecular complexity index is 838. The normalized spacial score (nSPS) is 10.4. The first-order valence-corrected chi connectivity index (χ1v) is 7.67. The molecule has 2 aromatic carbocycles. The van der Waals surface area contributed by atoms with Crippen LogP contribution in [0.4, 0.5) is 0 Å². The summed E-state index contributed by atoms with van der Waals surface area (Å²) in [4.78, 5) is 11.3. The molecule has 5 nitrogen and oxygen atoms in total. The lowest BCUT2D eigenvalue weighted by molar-refractivity contribution is -0.145. The molecule has 0 aliphatic rings. The Morgan fingerprint density at radius 1 is 1.08 bits per heavy atom. The number of hydrogen-bond donors (Lipinski definition) is 0. The number of nitriles is 2. The van der Waals surface area contributed by atoms with Gasteiger partial charge >= 0.3 is 5.97 Å². The van der Waals surface area contributed by atoms with Gasteiger partial charge in [-0.05, 0) is 48.4 Å². The van der Waals surface area contributed by atoms with E-state index in [0.29, 0.717) is 23.5 Å². The van der Waals surface area contributed by atoms with Crippen molar-refractivity contribution in [1.82, 2.24) is 0 Å². The van der Waals surface area contributed by atoms with Crippen LogP contribution >= 0.6 is 0 Å². The van der Waals surface area contributed by atoms with Gasteiger partial charge < -0.3 is 9.47 Å². The molecule has 0 radical (unpaired) electrons. The van der Waals surface area contributed by atoms with E-state index in [4.69, 9.17) is 14.7 Å². The average Bonchev–Trinajstić information content (AvgIpc) is 2.66. The molecule has 0 saturated heterocycles. The first-order chi connectivity index (χ1) is 12.2. The van der Waals surface area contributed by atoms with Gasteiger partial charge in [-0.15, -0.1) is 0 Å². The van der Waals surface area contributed by atoms with Crippen molar-refractivity contribution in [1.29, 1.82) is 10.5 Å². The Morgan fingerprint density at radius 2 is 1.76 bits per heavy atom. The molecular formula is C20H16N2O3. The van der Waals surface area contributed by atoms with Crippen LogP contribution in [0.2, 0.25) is 0 Å². The number of rotatable bonds is 6. The van der Waals surface area contributed by atoms with Gasteiger partial charge in [-0.25, -0.2) is 4.79 Å². The van der Waals surface area contributed by atoms with Crippen LogP contribution in [0.3, 0.4) is 0 Å². The molecule has 5 heteroatoms. The molecule has 0 unspecified atom stereocenters. The summed E-state index contributed by atoms with van der Waals surface area (Å²) in [6.07, 6.45) is 1.75. The van der Waals surface area contributed by atoms with Crippen molar-refractivity contribution in [3.8, 4) is 17.9 Å². The maximum absolute atomic E-state index is 11.3. The number of ether oxygens (including phenoxy) is 2. The van der Waals surface area contributed by atoms with Gasteiger partial charge in [-0.1, -0.05) is 24.3 Å². The second-order valence-electron chi connectivity index (χ2n) is 5.02. The van der Waals surface area contributed by atoms with E-state index in [-0.39, 0.29) is 6.61 Å².